The van der Waals surface area contributed by atoms with Crippen LogP contribution in [0.3, 0.4) is 0 Å². The van der Waals surface area contributed by atoms with Crippen molar-refractivity contribution in [1.29, 1.82) is 0 Å². The third kappa shape index (κ3) is 3.96. The van der Waals surface area contributed by atoms with Crippen LogP contribution in [-0.4, -0.2) is 41.2 Å². The summed E-state index contributed by atoms with van der Waals surface area (Å²) >= 11 is 0. The predicted molar refractivity (Wildman–Crippen MR) is 72.0 cm³/mol. The summed E-state index contributed by atoms with van der Waals surface area (Å²) in [5.74, 6) is -1.05. The molecule has 0 bridgehead atoms. The quantitative estimate of drug-likeness (QED) is 0.796. The Morgan fingerprint density at radius 2 is 1.90 bits per heavy atom. The maximum absolute atomic E-state index is 11.7. The Labute approximate surface area is 117 Å². The fourth-order valence-corrected chi connectivity index (χ4v) is 2.11. The molecule has 0 saturated carbocycles. The van der Waals surface area contributed by atoms with Crippen LogP contribution in [0.25, 0.3) is 0 Å². The van der Waals surface area contributed by atoms with E-state index in [-0.39, 0.29) is 6.42 Å². The van der Waals surface area contributed by atoms with Crippen LogP contribution in [0.2, 0.25) is 0 Å². The van der Waals surface area contributed by atoms with Gasteiger partial charge in [-0.2, -0.15) is 0 Å². The lowest BCUT2D eigenvalue weighted by Gasteiger charge is -2.18. The highest BCUT2D eigenvalue weighted by Gasteiger charge is 2.23. The molecule has 6 nitrogen and oxygen atoms in total. The van der Waals surface area contributed by atoms with Crippen molar-refractivity contribution >= 4 is 12.1 Å². The minimum Gasteiger partial charge on any atom is -0.480 e. The number of nitrogens with zero attached hydrogens (tertiary/aromatic N) is 1. The number of amides is 1. The van der Waals surface area contributed by atoms with Crippen LogP contribution in [0.15, 0.2) is 30.3 Å². The van der Waals surface area contributed by atoms with E-state index in [1.54, 1.807) is 4.90 Å². The number of carboxylic acid groups (broad SMARTS) is 1. The van der Waals surface area contributed by atoms with Crippen molar-refractivity contribution < 1.29 is 19.5 Å². The summed E-state index contributed by atoms with van der Waals surface area (Å²) in [7, 11) is 0. The minimum atomic E-state index is -1.05. The van der Waals surface area contributed by atoms with Gasteiger partial charge in [0.2, 0.25) is 0 Å². The molecule has 0 aromatic heterocycles. The van der Waals surface area contributed by atoms with Crippen LogP contribution in [0.4, 0.5) is 4.79 Å². The van der Waals surface area contributed by atoms with Gasteiger partial charge >= 0.3 is 12.1 Å². The molecule has 1 fully saturated rings. The van der Waals surface area contributed by atoms with Crippen LogP contribution in [0.5, 0.6) is 0 Å². The molecule has 0 aliphatic carbocycles. The summed E-state index contributed by atoms with van der Waals surface area (Å²) in [4.78, 5) is 29.3. The maximum atomic E-state index is 11.7. The van der Waals surface area contributed by atoms with Gasteiger partial charge in [0.15, 0.2) is 0 Å². The van der Waals surface area contributed by atoms with Gasteiger partial charge in [0.1, 0.15) is 6.04 Å². The van der Waals surface area contributed by atoms with Crippen molar-refractivity contribution in [2.75, 3.05) is 13.1 Å². The number of carbonyl (C=O) groups excluding carboxylic acids is 1. The molecule has 0 spiro atoms. The molecule has 1 saturated heterocycles. The topological polar surface area (TPSA) is 78.9 Å². The molecule has 1 atom stereocenters. The van der Waals surface area contributed by atoms with Crippen molar-refractivity contribution in [2.24, 2.45) is 0 Å². The van der Waals surface area contributed by atoms with Gasteiger partial charge < -0.3 is 14.8 Å². The molecular formula is C14H18N2O4. The molecule has 1 amide bonds. The number of hydrogen-bond acceptors (Lipinski definition) is 4. The van der Waals surface area contributed by atoms with E-state index in [1.807, 2.05) is 30.3 Å². The van der Waals surface area contributed by atoms with Crippen molar-refractivity contribution in [1.82, 2.24) is 10.4 Å². The molecule has 2 N–H and O–H groups in total. The van der Waals surface area contributed by atoms with E-state index in [2.05, 4.69) is 5.48 Å². The molecule has 0 radical (unpaired) electrons. The molecule has 2 rings (SSSR count). The van der Waals surface area contributed by atoms with Crippen LogP contribution in [-0.2, 0) is 16.1 Å². The van der Waals surface area contributed by atoms with Gasteiger partial charge in [-0.1, -0.05) is 30.3 Å². The second-order valence-corrected chi connectivity index (χ2v) is 4.76. The molecule has 1 aliphatic rings. The number of rotatable bonds is 5. The van der Waals surface area contributed by atoms with Gasteiger partial charge in [-0.05, 0) is 18.4 Å². The molecule has 6 heteroatoms. The Kier molecular flexibility index (Phi) is 4.95. The van der Waals surface area contributed by atoms with Crippen molar-refractivity contribution in [3.05, 3.63) is 35.9 Å². The number of benzene rings is 1. The van der Waals surface area contributed by atoms with Gasteiger partial charge in [-0.15, -0.1) is 5.48 Å². The first-order valence-electron chi connectivity index (χ1n) is 6.65. The normalized spacial score (nSPS) is 15.9. The van der Waals surface area contributed by atoms with Gasteiger partial charge in [0, 0.05) is 19.5 Å². The van der Waals surface area contributed by atoms with E-state index >= 15 is 0 Å². The monoisotopic (exact) mass is 278 g/mol. The third-order valence-electron chi connectivity index (χ3n) is 3.23. The summed E-state index contributed by atoms with van der Waals surface area (Å²) in [5.41, 5.74) is 3.22. The Morgan fingerprint density at radius 1 is 1.25 bits per heavy atom. The fourth-order valence-electron chi connectivity index (χ4n) is 2.11. The maximum Gasteiger partial charge on any atom is 0.428 e. The second-order valence-electron chi connectivity index (χ2n) is 4.76. The van der Waals surface area contributed by atoms with Crippen LogP contribution >= 0.6 is 0 Å². The van der Waals surface area contributed by atoms with Gasteiger partial charge in [0.25, 0.3) is 0 Å². The Morgan fingerprint density at radius 3 is 2.50 bits per heavy atom. The van der Waals surface area contributed by atoms with Crippen LogP contribution < -0.4 is 5.48 Å². The number of carbonyl (C=O) groups is 2. The molecule has 20 heavy (non-hydrogen) atoms. The van der Waals surface area contributed by atoms with Crippen molar-refractivity contribution in [3.8, 4) is 0 Å². The van der Waals surface area contributed by atoms with E-state index in [1.165, 1.54) is 0 Å². The molecule has 108 valence electrons. The summed E-state index contributed by atoms with van der Waals surface area (Å²) in [6.07, 6.45) is 1.66. The Hall–Kier alpha value is -2.08. The zero-order valence-corrected chi connectivity index (χ0v) is 11.1. The lowest BCUT2D eigenvalue weighted by Crippen LogP contribution is -2.42. The summed E-state index contributed by atoms with van der Waals surface area (Å²) < 4.78 is 0. The van der Waals surface area contributed by atoms with Crippen molar-refractivity contribution in [3.63, 3.8) is 0 Å². The number of likely N-dealkylation sites (tertiary alicyclic amines) is 1. The summed E-state index contributed by atoms with van der Waals surface area (Å²) in [5, 5.41) is 9.15. The summed E-state index contributed by atoms with van der Waals surface area (Å²) in [6, 6.07) is 8.25. The smallest absolute Gasteiger partial charge is 0.428 e. The van der Waals surface area contributed by atoms with E-state index < -0.39 is 18.1 Å². The first-order valence-corrected chi connectivity index (χ1v) is 6.65. The zero-order valence-electron chi connectivity index (χ0n) is 11.1. The molecule has 1 unspecified atom stereocenters. The lowest BCUT2D eigenvalue weighted by molar-refractivity contribution is -0.142. The highest BCUT2D eigenvalue weighted by Crippen LogP contribution is 2.09. The number of carboxylic acids is 1. The lowest BCUT2D eigenvalue weighted by atomic mass is 10.1. The van der Waals surface area contributed by atoms with Crippen LogP contribution in [0.1, 0.15) is 18.4 Å². The highest BCUT2D eigenvalue weighted by atomic mass is 16.7. The van der Waals surface area contributed by atoms with Gasteiger partial charge in [-0.25, -0.2) is 4.79 Å². The zero-order chi connectivity index (χ0) is 14.4. The van der Waals surface area contributed by atoms with E-state index in [9.17, 15) is 9.59 Å². The fraction of sp³-hybridized carbons (Fsp3) is 0.429. The summed E-state index contributed by atoms with van der Waals surface area (Å²) in [6.45, 7) is 1.33. The van der Waals surface area contributed by atoms with Gasteiger partial charge in [-0.3, -0.25) is 4.79 Å². The average Bonchev–Trinajstić information content (AvgIpc) is 2.98. The molecular weight excluding hydrogens is 260 g/mol. The predicted octanol–water partition coefficient (Wildman–Crippen LogP) is 1.42. The number of hydroxylamine groups is 1. The molecule has 1 aliphatic heterocycles. The molecule has 1 aromatic rings. The molecule has 1 aromatic carbocycles. The van der Waals surface area contributed by atoms with E-state index in [0.717, 1.165) is 18.4 Å². The highest BCUT2D eigenvalue weighted by molar-refractivity contribution is 5.74. The van der Waals surface area contributed by atoms with E-state index in [4.69, 9.17) is 9.94 Å². The van der Waals surface area contributed by atoms with Crippen molar-refractivity contribution in [2.45, 2.75) is 25.3 Å². The minimum absolute atomic E-state index is 0.253. The Balaban J connectivity index is 1.86. The second kappa shape index (κ2) is 6.91. The average molecular weight is 278 g/mol. The van der Waals surface area contributed by atoms with Crippen LogP contribution in [0, 0.1) is 0 Å². The number of aliphatic carboxylic acids is 1. The number of nitrogens with one attached hydrogen (secondary N) is 1. The SMILES string of the molecule is O=C(O)C(Cc1ccccc1)NOC(=O)N1CCCC1. The molecule has 1 heterocycles. The first-order chi connectivity index (χ1) is 9.66. The van der Waals surface area contributed by atoms with E-state index in [0.29, 0.717) is 13.1 Å². The standard InChI is InChI=1S/C14H18N2O4/c17-13(18)12(10-11-6-2-1-3-7-11)15-20-14(19)16-8-4-5-9-16/h1-3,6-7,12,15H,4-5,8-10H2,(H,17,18). The van der Waals surface area contributed by atoms with Gasteiger partial charge in [0.05, 0.1) is 0 Å². The first kappa shape index (κ1) is 14.3. The largest absolute Gasteiger partial charge is 0.480 e. The number of hydrogen-bond donors (Lipinski definition) is 2. The Bertz CT molecular complexity index is 458. The third-order valence-corrected chi connectivity index (χ3v) is 3.23.